The van der Waals surface area contributed by atoms with Crippen LogP contribution >= 0.6 is 7.37 Å². The third-order valence-corrected chi connectivity index (χ3v) is 5.36. The highest BCUT2D eigenvalue weighted by Crippen LogP contribution is 2.52. The average molecular weight is 236 g/mol. The van der Waals surface area contributed by atoms with E-state index in [0.717, 1.165) is 12.8 Å². The van der Waals surface area contributed by atoms with E-state index in [2.05, 4.69) is 0 Å². The molecule has 0 aromatic heterocycles. The van der Waals surface area contributed by atoms with Gasteiger partial charge in [-0.1, -0.05) is 12.8 Å². The zero-order valence-electron chi connectivity index (χ0n) is 8.50. The zero-order chi connectivity index (χ0) is 11.5. The molecule has 0 spiro atoms. The first-order chi connectivity index (χ1) is 6.93. The molecular formula is C9H17O5P. The molecule has 0 aromatic carbocycles. The Morgan fingerprint density at radius 1 is 1.33 bits per heavy atom. The van der Waals surface area contributed by atoms with Crippen LogP contribution < -0.4 is 0 Å². The second-order valence-electron chi connectivity index (χ2n) is 4.04. The maximum atomic E-state index is 11.8. The molecule has 1 aliphatic carbocycles. The third-order valence-electron chi connectivity index (χ3n) is 2.86. The molecule has 0 aliphatic heterocycles. The summed E-state index contributed by atoms with van der Waals surface area (Å²) in [4.78, 5) is 20.0. The molecule has 6 heteroatoms. The molecule has 5 nitrogen and oxygen atoms in total. The van der Waals surface area contributed by atoms with Crippen molar-refractivity contribution in [1.82, 2.24) is 0 Å². The first-order valence-electron chi connectivity index (χ1n) is 5.15. The van der Waals surface area contributed by atoms with Gasteiger partial charge in [-0.05, 0) is 12.8 Å². The van der Waals surface area contributed by atoms with Gasteiger partial charge in [-0.15, -0.1) is 0 Å². The van der Waals surface area contributed by atoms with Crippen molar-refractivity contribution in [2.75, 3.05) is 6.16 Å². The lowest BCUT2D eigenvalue weighted by Gasteiger charge is -2.30. The highest BCUT2D eigenvalue weighted by atomic mass is 31.2. The van der Waals surface area contributed by atoms with Crippen LogP contribution in [-0.2, 0) is 9.36 Å². The van der Waals surface area contributed by atoms with E-state index in [0.29, 0.717) is 12.8 Å². The fourth-order valence-electron chi connectivity index (χ4n) is 1.98. The van der Waals surface area contributed by atoms with Crippen molar-refractivity contribution in [3.63, 3.8) is 0 Å². The van der Waals surface area contributed by atoms with E-state index in [-0.39, 0.29) is 12.6 Å². The summed E-state index contributed by atoms with van der Waals surface area (Å²) in [6, 6.07) is 0. The number of carboxylic acids is 1. The fourth-order valence-corrected chi connectivity index (χ4v) is 4.10. The molecular weight excluding hydrogens is 219 g/mol. The quantitative estimate of drug-likeness (QED) is 0.634. The molecule has 1 aliphatic rings. The van der Waals surface area contributed by atoms with Crippen molar-refractivity contribution in [2.24, 2.45) is 0 Å². The molecule has 3 atom stereocenters. The molecule has 1 fully saturated rings. The molecule has 1 rings (SSSR count). The van der Waals surface area contributed by atoms with Crippen molar-refractivity contribution in [1.29, 1.82) is 0 Å². The van der Waals surface area contributed by atoms with E-state index in [1.54, 1.807) is 0 Å². The molecule has 0 amide bonds. The lowest BCUT2D eigenvalue weighted by molar-refractivity contribution is -0.136. The summed E-state index contributed by atoms with van der Waals surface area (Å²) in [7, 11) is -3.51. The Kier molecular flexibility index (Phi) is 4.32. The number of aliphatic hydroxyl groups is 1. The first kappa shape index (κ1) is 12.7. The Bertz CT molecular complexity index is 278. The third kappa shape index (κ3) is 3.59. The lowest BCUT2D eigenvalue weighted by Crippen LogP contribution is -2.30. The summed E-state index contributed by atoms with van der Waals surface area (Å²) in [6.07, 6.45) is 1.48. The SMILES string of the molecule is O=C(O)CCP(=O)(O)[C@@H]1CCCC[C@@H]1O. The van der Waals surface area contributed by atoms with E-state index >= 15 is 0 Å². The summed E-state index contributed by atoms with van der Waals surface area (Å²) in [5, 5.41) is 18.0. The smallest absolute Gasteiger partial charge is 0.303 e. The van der Waals surface area contributed by atoms with Crippen LogP contribution in [0.5, 0.6) is 0 Å². The number of aliphatic hydroxyl groups excluding tert-OH is 1. The van der Waals surface area contributed by atoms with Crippen molar-refractivity contribution >= 4 is 13.3 Å². The van der Waals surface area contributed by atoms with E-state index < -0.39 is 25.1 Å². The van der Waals surface area contributed by atoms with Gasteiger partial charge in [0.1, 0.15) is 0 Å². The van der Waals surface area contributed by atoms with E-state index in [9.17, 15) is 19.4 Å². The Morgan fingerprint density at radius 3 is 2.47 bits per heavy atom. The van der Waals surface area contributed by atoms with Crippen LogP contribution in [0.15, 0.2) is 0 Å². The van der Waals surface area contributed by atoms with E-state index in [1.807, 2.05) is 0 Å². The summed E-state index contributed by atoms with van der Waals surface area (Å²) in [5.74, 6) is -1.07. The maximum Gasteiger partial charge on any atom is 0.303 e. The van der Waals surface area contributed by atoms with Gasteiger partial charge in [-0.25, -0.2) is 0 Å². The highest BCUT2D eigenvalue weighted by molar-refractivity contribution is 7.58. The predicted molar refractivity (Wildman–Crippen MR) is 55.2 cm³/mol. The summed E-state index contributed by atoms with van der Waals surface area (Å²) >= 11 is 0. The lowest BCUT2D eigenvalue weighted by atomic mass is 9.97. The molecule has 1 saturated carbocycles. The molecule has 88 valence electrons. The van der Waals surface area contributed by atoms with Crippen LogP contribution in [0.3, 0.4) is 0 Å². The zero-order valence-corrected chi connectivity index (χ0v) is 9.40. The Labute approximate surface area is 88.6 Å². The molecule has 1 unspecified atom stereocenters. The number of carbonyl (C=O) groups is 1. The molecule has 15 heavy (non-hydrogen) atoms. The van der Waals surface area contributed by atoms with Gasteiger partial charge in [0.05, 0.1) is 18.2 Å². The molecule has 0 heterocycles. The van der Waals surface area contributed by atoms with E-state index in [4.69, 9.17) is 5.11 Å². The Morgan fingerprint density at radius 2 is 1.93 bits per heavy atom. The predicted octanol–water partition coefficient (Wildman–Crippen LogP) is 1.03. The minimum atomic E-state index is -3.51. The van der Waals surface area contributed by atoms with Crippen LogP contribution in [0.2, 0.25) is 0 Å². The van der Waals surface area contributed by atoms with Crippen molar-refractivity contribution in [2.45, 2.75) is 43.9 Å². The van der Waals surface area contributed by atoms with Gasteiger partial charge in [-0.3, -0.25) is 9.36 Å². The van der Waals surface area contributed by atoms with Crippen LogP contribution in [0, 0.1) is 0 Å². The number of hydrogen-bond donors (Lipinski definition) is 3. The molecule has 0 radical (unpaired) electrons. The molecule has 3 N–H and O–H groups in total. The summed E-state index contributed by atoms with van der Waals surface area (Å²) < 4.78 is 11.8. The van der Waals surface area contributed by atoms with Gasteiger partial charge >= 0.3 is 5.97 Å². The second-order valence-corrected chi connectivity index (χ2v) is 6.66. The minimum absolute atomic E-state index is 0.232. The monoisotopic (exact) mass is 236 g/mol. The number of hydrogen-bond acceptors (Lipinski definition) is 3. The van der Waals surface area contributed by atoms with Gasteiger partial charge in [0.15, 0.2) is 0 Å². The standard InChI is InChI=1S/C9H17O5P/c10-7-3-1-2-4-8(7)15(13,14)6-5-9(11)12/h7-8,10H,1-6H2,(H,11,12)(H,13,14)/t7-,8+/m0/s1. The van der Waals surface area contributed by atoms with Crippen LogP contribution in [0.4, 0.5) is 0 Å². The summed E-state index contributed by atoms with van der Waals surface area (Å²) in [6.45, 7) is 0. The highest BCUT2D eigenvalue weighted by Gasteiger charge is 2.37. The number of carboxylic acid groups (broad SMARTS) is 1. The summed E-state index contributed by atoms with van der Waals surface area (Å²) in [5.41, 5.74) is -0.620. The Hall–Kier alpha value is -0.380. The number of aliphatic carboxylic acids is 1. The first-order valence-corrected chi connectivity index (χ1v) is 7.06. The average Bonchev–Trinajstić information content (AvgIpc) is 2.15. The van der Waals surface area contributed by atoms with Gasteiger partial charge in [-0.2, -0.15) is 0 Å². The normalized spacial score (nSPS) is 30.8. The fraction of sp³-hybridized carbons (Fsp3) is 0.889. The molecule has 0 aromatic rings. The van der Waals surface area contributed by atoms with E-state index in [1.165, 1.54) is 0 Å². The van der Waals surface area contributed by atoms with Crippen LogP contribution in [0.25, 0.3) is 0 Å². The maximum absolute atomic E-state index is 11.8. The second kappa shape index (κ2) is 5.10. The van der Waals surface area contributed by atoms with Crippen LogP contribution in [0.1, 0.15) is 32.1 Å². The van der Waals surface area contributed by atoms with Gasteiger partial charge in [0, 0.05) is 6.16 Å². The van der Waals surface area contributed by atoms with Gasteiger partial charge in [0.25, 0.3) is 0 Å². The Balaban J connectivity index is 2.58. The van der Waals surface area contributed by atoms with Crippen molar-refractivity contribution in [3.8, 4) is 0 Å². The molecule has 0 bridgehead atoms. The molecule has 0 saturated heterocycles. The topological polar surface area (TPSA) is 94.8 Å². The van der Waals surface area contributed by atoms with Crippen molar-refractivity contribution < 1.29 is 24.5 Å². The van der Waals surface area contributed by atoms with Crippen LogP contribution in [-0.4, -0.2) is 39.0 Å². The van der Waals surface area contributed by atoms with Gasteiger partial charge < -0.3 is 15.1 Å². The number of rotatable bonds is 4. The van der Waals surface area contributed by atoms with Gasteiger partial charge in [0.2, 0.25) is 7.37 Å². The minimum Gasteiger partial charge on any atom is -0.481 e. The van der Waals surface area contributed by atoms with Crippen molar-refractivity contribution in [3.05, 3.63) is 0 Å². The largest absolute Gasteiger partial charge is 0.481 e.